The van der Waals surface area contributed by atoms with Gasteiger partial charge in [-0.3, -0.25) is 4.79 Å². The van der Waals surface area contributed by atoms with E-state index in [1.807, 2.05) is 0 Å². The number of carbonyl (C=O) groups is 2. The van der Waals surface area contributed by atoms with Crippen LogP contribution in [0.5, 0.6) is 0 Å². The van der Waals surface area contributed by atoms with Crippen LogP contribution in [0.1, 0.15) is 43.1 Å². The van der Waals surface area contributed by atoms with Gasteiger partial charge in [0.2, 0.25) is 0 Å². The lowest BCUT2D eigenvalue weighted by atomic mass is 9.76. The van der Waals surface area contributed by atoms with Gasteiger partial charge < -0.3 is 15.7 Å². The molecular formula is C14H20N4O3. The fraction of sp³-hybridized carbons (Fsp3) is 0.571. The number of carbonyl (C=O) groups excluding carboxylic acids is 1. The molecule has 2 rings (SSSR count). The van der Waals surface area contributed by atoms with Crippen molar-refractivity contribution < 1.29 is 14.7 Å². The van der Waals surface area contributed by atoms with Gasteiger partial charge in [-0.05, 0) is 30.9 Å². The first-order valence-corrected chi connectivity index (χ1v) is 7.04. The van der Waals surface area contributed by atoms with Gasteiger partial charge in [0.15, 0.2) is 5.69 Å². The van der Waals surface area contributed by atoms with Crippen LogP contribution in [0.4, 0.5) is 5.82 Å². The van der Waals surface area contributed by atoms with Crippen molar-refractivity contribution in [2.75, 3.05) is 12.4 Å². The van der Waals surface area contributed by atoms with Gasteiger partial charge in [-0.25, -0.2) is 4.79 Å². The molecule has 0 radical (unpaired) electrons. The molecular weight excluding hydrogens is 272 g/mol. The minimum absolute atomic E-state index is 0.199. The molecule has 1 aliphatic carbocycles. The third-order valence-corrected chi connectivity index (χ3v) is 3.90. The van der Waals surface area contributed by atoms with Gasteiger partial charge in [0.05, 0.1) is 0 Å². The number of hydrogen-bond donors (Lipinski definition) is 3. The second kappa shape index (κ2) is 6.07. The zero-order chi connectivity index (χ0) is 15.5. The fourth-order valence-corrected chi connectivity index (χ4v) is 2.81. The molecule has 2 atom stereocenters. The number of nitrogens with zero attached hydrogens (tertiary/aromatic N) is 2. The van der Waals surface area contributed by atoms with E-state index in [9.17, 15) is 14.7 Å². The van der Waals surface area contributed by atoms with Crippen molar-refractivity contribution in [2.45, 2.75) is 38.1 Å². The van der Waals surface area contributed by atoms with Gasteiger partial charge in [-0.1, -0.05) is 19.8 Å². The molecule has 1 aromatic heterocycles. The van der Waals surface area contributed by atoms with E-state index >= 15 is 0 Å². The van der Waals surface area contributed by atoms with Crippen molar-refractivity contribution in [1.29, 1.82) is 0 Å². The summed E-state index contributed by atoms with van der Waals surface area (Å²) in [7, 11) is 1.51. The standard InChI is InChI=1S/C14H20N4O3/c1-9-4-3-7-14(8-9,13(20)21)16-11-6-5-10(17-18-11)12(19)15-2/h5-6,9H,3-4,7-8H2,1-2H3,(H,15,19)(H,16,18)(H,20,21). The molecule has 7 heteroatoms. The van der Waals surface area contributed by atoms with E-state index in [1.54, 1.807) is 6.07 Å². The average Bonchev–Trinajstić information content (AvgIpc) is 2.47. The van der Waals surface area contributed by atoms with E-state index in [0.717, 1.165) is 12.8 Å². The minimum Gasteiger partial charge on any atom is -0.480 e. The molecule has 3 N–H and O–H groups in total. The number of aromatic nitrogens is 2. The number of carboxylic acids is 1. The number of hydrogen-bond acceptors (Lipinski definition) is 5. The van der Waals surface area contributed by atoms with E-state index < -0.39 is 11.5 Å². The number of carboxylic acid groups (broad SMARTS) is 1. The van der Waals surface area contributed by atoms with Gasteiger partial charge in [0.1, 0.15) is 11.4 Å². The fourth-order valence-electron chi connectivity index (χ4n) is 2.81. The molecule has 0 spiro atoms. The maximum atomic E-state index is 11.7. The molecule has 114 valence electrons. The number of aliphatic carboxylic acids is 1. The summed E-state index contributed by atoms with van der Waals surface area (Å²) in [6.45, 7) is 2.05. The molecule has 1 saturated carbocycles. The monoisotopic (exact) mass is 292 g/mol. The van der Waals surface area contributed by atoms with Crippen molar-refractivity contribution in [3.8, 4) is 0 Å². The number of amides is 1. The van der Waals surface area contributed by atoms with Crippen LogP contribution in [0.25, 0.3) is 0 Å². The van der Waals surface area contributed by atoms with Crippen molar-refractivity contribution in [3.05, 3.63) is 17.8 Å². The maximum absolute atomic E-state index is 11.7. The first-order chi connectivity index (χ1) is 9.97. The van der Waals surface area contributed by atoms with E-state index in [0.29, 0.717) is 24.6 Å². The normalized spacial score (nSPS) is 25.1. The summed E-state index contributed by atoms with van der Waals surface area (Å²) < 4.78 is 0. The molecule has 21 heavy (non-hydrogen) atoms. The second-order valence-corrected chi connectivity index (χ2v) is 5.60. The van der Waals surface area contributed by atoms with Gasteiger partial charge in [-0.15, -0.1) is 10.2 Å². The Labute approximate surface area is 123 Å². The van der Waals surface area contributed by atoms with Crippen molar-refractivity contribution in [2.24, 2.45) is 5.92 Å². The Kier molecular flexibility index (Phi) is 4.40. The lowest BCUT2D eigenvalue weighted by Crippen LogP contribution is -2.49. The van der Waals surface area contributed by atoms with Crippen molar-refractivity contribution >= 4 is 17.7 Å². The van der Waals surface area contributed by atoms with E-state index in [1.165, 1.54) is 13.1 Å². The Morgan fingerprint density at radius 1 is 1.38 bits per heavy atom. The predicted octanol–water partition coefficient (Wildman–Crippen LogP) is 1.28. The van der Waals surface area contributed by atoms with Crippen LogP contribution in [-0.4, -0.2) is 39.8 Å². The van der Waals surface area contributed by atoms with Crippen LogP contribution in [-0.2, 0) is 4.79 Å². The third kappa shape index (κ3) is 3.29. The molecule has 0 bridgehead atoms. The SMILES string of the molecule is CNC(=O)c1ccc(NC2(C(=O)O)CCCC(C)C2)nn1. The molecule has 0 saturated heterocycles. The Bertz CT molecular complexity index is 532. The van der Waals surface area contributed by atoms with Gasteiger partial charge in [-0.2, -0.15) is 0 Å². The van der Waals surface area contributed by atoms with Crippen LogP contribution < -0.4 is 10.6 Å². The number of anilines is 1. The lowest BCUT2D eigenvalue weighted by Gasteiger charge is -2.37. The molecule has 7 nitrogen and oxygen atoms in total. The summed E-state index contributed by atoms with van der Waals surface area (Å²) in [4.78, 5) is 23.1. The van der Waals surface area contributed by atoms with Crippen LogP contribution in [0.2, 0.25) is 0 Å². The quantitative estimate of drug-likeness (QED) is 0.772. The summed E-state index contributed by atoms with van der Waals surface area (Å²) in [5.74, 6) is -0.473. The zero-order valence-electron chi connectivity index (χ0n) is 12.2. The smallest absolute Gasteiger partial charge is 0.329 e. The number of rotatable bonds is 4. The topological polar surface area (TPSA) is 104 Å². The largest absolute Gasteiger partial charge is 0.480 e. The highest BCUT2D eigenvalue weighted by Crippen LogP contribution is 2.34. The maximum Gasteiger partial charge on any atom is 0.329 e. The average molecular weight is 292 g/mol. The molecule has 0 aliphatic heterocycles. The van der Waals surface area contributed by atoms with Gasteiger partial charge in [0, 0.05) is 7.05 Å². The molecule has 1 fully saturated rings. The summed E-state index contributed by atoms with van der Waals surface area (Å²) in [6.07, 6.45) is 3.02. The van der Waals surface area contributed by atoms with E-state index in [-0.39, 0.29) is 11.6 Å². The Hall–Kier alpha value is -2.18. The van der Waals surface area contributed by atoms with Gasteiger partial charge >= 0.3 is 5.97 Å². The van der Waals surface area contributed by atoms with Crippen LogP contribution >= 0.6 is 0 Å². The number of nitrogens with one attached hydrogen (secondary N) is 2. The first kappa shape index (κ1) is 15.2. The van der Waals surface area contributed by atoms with E-state index in [2.05, 4.69) is 27.8 Å². The zero-order valence-corrected chi connectivity index (χ0v) is 12.2. The first-order valence-electron chi connectivity index (χ1n) is 7.04. The lowest BCUT2D eigenvalue weighted by molar-refractivity contribution is -0.144. The highest BCUT2D eigenvalue weighted by Gasteiger charge is 2.42. The van der Waals surface area contributed by atoms with Crippen LogP contribution in [0.15, 0.2) is 12.1 Å². The van der Waals surface area contributed by atoms with Crippen LogP contribution in [0.3, 0.4) is 0 Å². The summed E-state index contributed by atoms with van der Waals surface area (Å²) in [5, 5.41) is 22.8. The van der Waals surface area contributed by atoms with Crippen LogP contribution in [0, 0.1) is 5.92 Å². The second-order valence-electron chi connectivity index (χ2n) is 5.60. The summed E-state index contributed by atoms with van der Waals surface area (Å²) >= 11 is 0. The predicted molar refractivity (Wildman–Crippen MR) is 77.0 cm³/mol. The Morgan fingerprint density at radius 3 is 2.67 bits per heavy atom. The third-order valence-electron chi connectivity index (χ3n) is 3.90. The van der Waals surface area contributed by atoms with E-state index in [4.69, 9.17) is 0 Å². The minimum atomic E-state index is -0.999. The molecule has 1 aromatic rings. The molecule has 0 aromatic carbocycles. The molecule has 1 aliphatic rings. The molecule has 1 amide bonds. The highest BCUT2D eigenvalue weighted by atomic mass is 16.4. The molecule has 2 unspecified atom stereocenters. The molecule has 1 heterocycles. The summed E-state index contributed by atoms with van der Waals surface area (Å²) in [5.41, 5.74) is -0.801. The highest BCUT2D eigenvalue weighted by molar-refractivity contribution is 5.92. The van der Waals surface area contributed by atoms with Crippen molar-refractivity contribution in [3.63, 3.8) is 0 Å². The van der Waals surface area contributed by atoms with Crippen molar-refractivity contribution in [1.82, 2.24) is 15.5 Å². The summed E-state index contributed by atoms with van der Waals surface area (Å²) in [6, 6.07) is 3.11. The Morgan fingerprint density at radius 2 is 2.14 bits per heavy atom. The Balaban J connectivity index is 2.17. The van der Waals surface area contributed by atoms with Gasteiger partial charge in [0.25, 0.3) is 5.91 Å².